The number of ether oxygens (including phenoxy) is 1. The second-order valence-corrected chi connectivity index (χ2v) is 5.83. The fourth-order valence-corrected chi connectivity index (χ4v) is 3.34. The second-order valence-electron chi connectivity index (χ2n) is 5.40. The Bertz CT molecular complexity index is 405. The van der Waals surface area contributed by atoms with Crippen LogP contribution in [0.2, 0.25) is 5.02 Å². The maximum Gasteiger partial charge on any atom is 0.0733 e. The first-order valence-corrected chi connectivity index (χ1v) is 7.31. The average molecular weight is 266 g/mol. The Balaban J connectivity index is 1.67. The summed E-state index contributed by atoms with van der Waals surface area (Å²) < 4.78 is 5.90. The molecule has 3 rings (SSSR count). The lowest BCUT2D eigenvalue weighted by molar-refractivity contribution is 0.0959. The van der Waals surface area contributed by atoms with Crippen LogP contribution in [0.5, 0.6) is 0 Å². The van der Waals surface area contributed by atoms with Crippen molar-refractivity contribution in [3.05, 3.63) is 34.9 Å². The first kappa shape index (κ1) is 12.5. The topological polar surface area (TPSA) is 21.3 Å². The maximum absolute atomic E-state index is 5.94. The van der Waals surface area contributed by atoms with Crippen LogP contribution < -0.4 is 5.32 Å². The van der Waals surface area contributed by atoms with Gasteiger partial charge >= 0.3 is 0 Å². The van der Waals surface area contributed by atoms with E-state index in [1.54, 1.807) is 0 Å². The van der Waals surface area contributed by atoms with E-state index >= 15 is 0 Å². The van der Waals surface area contributed by atoms with Crippen LogP contribution in [0.15, 0.2) is 24.3 Å². The van der Waals surface area contributed by atoms with Crippen LogP contribution in [0.3, 0.4) is 0 Å². The molecule has 2 bridgehead atoms. The van der Waals surface area contributed by atoms with E-state index in [4.69, 9.17) is 16.3 Å². The highest BCUT2D eigenvalue weighted by atomic mass is 35.5. The first-order chi connectivity index (χ1) is 8.76. The zero-order valence-electron chi connectivity index (χ0n) is 10.7. The van der Waals surface area contributed by atoms with Crippen LogP contribution in [-0.2, 0) is 4.74 Å². The third-order valence-corrected chi connectivity index (χ3v) is 4.45. The molecule has 2 heterocycles. The predicted octanol–water partition coefficient (Wildman–Crippen LogP) is 3.70. The smallest absolute Gasteiger partial charge is 0.0733 e. The van der Waals surface area contributed by atoms with Crippen molar-refractivity contribution in [3.63, 3.8) is 0 Å². The Hall–Kier alpha value is -0.570. The van der Waals surface area contributed by atoms with Gasteiger partial charge in [-0.05, 0) is 43.4 Å². The average Bonchev–Trinajstić information content (AvgIpc) is 2.99. The molecule has 1 aromatic carbocycles. The SMILES string of the molecule is CCC(NC1CC2CCC1O2)c1ccc(Cl)cc1. The van der Waals surface area contributed by atoms with Crippen molar-refractivity contribution in [2.45, 2.75) is 56.9 Å². The fraction of sp³-hybridized carbons (Fsp3) is 0.600. The molecule has 18 heavy (non-hydrogen) atoms. The summed E-state index contributed by atoms with van der Waals surface area (Å²) >= 11 is 5.94. The number of halogens is 1. The van der Waals surface area contributed by atoms with Crippen LogP contribution in [0.4, 0.5) is 0 Å². The summed E-state index contributed by atoms with van der Waals surface area (Å²) in [5, 5.41) is 4.57. The van der Waals surface area contributed by atoms with E-state index in [9.17, 15) is 0 Å². The first-order valence-electron chi connectivity index (χ1n) is 6.93. The summed E-state index contributed by atoms with van der Waals surface area (Å²) in [6.45, 7) is 2.22. The Morgan fingerprint density at radius 3 is 2.67 bits per heavy atom. The molecule has 2 nitrogen and oxygen atoms in total. The van der Waals surface area contributed by atoms with Crippen molar-refractivity contribution in [2.24, 2.45) is 0 Å². The number of nitrogens with one attached hydrogen (secondary N) is 1. The predicted molar refractivity (Wildman–Crippen MR) is 73.9 cm³/mol. The molecule has 0 saturated carbocycles. The molecule has 2 aliphatic heterocycles. The maximum atomic E-state index is 5.94. The second kappa shape index (κ2) is 5.20. The highest BCUT2D eigenvalue weighted by Gasteiger charge is 2.41. The van der Waals surface area contributed by atoms with E-state index in [1.165, 1.54) is 24.8 Å². The molecule has 1 N–H and O–H groups in total. The van der Waals surface area contributed by atoms with E-state index in [1.807, 2.05) is 12.1 Å². The lowest BCUT2D eigenvalue weighted by atomic mass is 9.93. The van der Waals surface area contributed by atoms with Crippen molar-refractivity contribution in [2.75, 3.05) is 0 Å². The molecule has 1 aromatic rings. The van der Waals surface area contributed by atoms with Crippen LogP contribution in [0, 0.1) is 0 Å². The van der Waals surface area contributed by atoms with Crippen LogP contribution >= 0.6 is 11.6 Å². The third-order valence-electron chi connectivity index (χ3n) is 4.20. The molecule has 0 spiro atoms. The summed E-state index contributed by atoms with van der Waals surface area (Å²) in [6.07, 6.45) is 5.69. The fourth-order valence-electron chi connectivity index (χ4n) is 3.22. The van der Waals surface area contributed by atoms with E-state index in [-0.39, 0.29) is 0 Å². The molecule has 4 unspecified atom stereocenters. The minimum absolute atomic E-state index is 0.412. The zero-order valence-corrected chi connectivity index (χ0v) is 11.5. The molecule has 0 aromatic heterocycles. The molecule has 0 amide bonds. The van der Waals surface area contributed by atoms with Crippen LogP contribution in [0.1, 0.15) is 44.2 Å². The van der Waals surface area contributed by atoms with Crippen molar-refractivity contribution >= 4 is 11.6 Å². The highest BCUT2D eigenvalue weighted by Crippen LogP contribution is 2.35. The van der Waals surface area contributed by atoms with Gasteiger partial charge in [0.2, 0.25) is 0 Å². The van der Waals surface area contributed by atoms with Gasteiger partial charge in [-0.25, -0.2) is 0 Å². The third kappa shape index (κ3) is 2.42. The number of benzene rings is 1. The molecule has 2 saturated heterocycles. The van der Waals surface area contributed by atoms with Gasteiger partial charge in [-0.3, -0.25) is 0 Å². The van der Waals surface area contributed by atoms with E-state index in [0.29, 0.717) is 24.3 Å². The van der Waals surface area contributed by atoms with Gasteiger partial charge in [-0.2, -0.15) is 0 Å². The van der Waals surface area contributed by atoms with Crippen LogP contribution in [0.25, 0.3) is 0 Å². The molecule has 2 fully saturated rings. The summed E-state index contributed by atoms with van der Waals surface area (Å²) in [5.41, 5.74) is 1.32. The van der Waals surface area contributed by atoms with Gasteiger partial charge < -0.3 is 10.1 Å². The monoisotopic (exact) mass is 265 g/mol. The molecule has 4 atom stereocenters. The van der Waals surface area contributed by atoms with Crippen molar-refractivity contribution in [1.29, 1.82) is 0 Å². The quantitative estimate of drug-likeness (QED) is 0.896. The van der Waals surface area contributed by atoms with Gasteiger partial charge in [0.25, 0.3) is 0 Å². The molecule has 98 valence electrons. The molecule has 0 aliphatic carbocycles. The van der Waals surface area contributed by atoms with E-state index in [0.717, 1.165) is 11.4 Å². The molecule has 3 heteroatoms. The largest absolute Gasteiger partial charge is 0.373 e. The molecule has 2 aliphatic rings. The van der Waals surface area contributed by atoms with Gasteiger partial charge in [0.05, 0.1) is 12.2 Å². The van der Waals surface area contributed by atoms with E-state index in [2.05, 4.69) is 24.4 Å². The van der Waals surface area contributed by atoms with Gasteiger partial charge in [-0.1, -0.05) is 30.7 Å². The van der Waals surface area contributed by atoms with Crippen LogP contribution in [-0.4, -0.2) is 18.2 Å². The number of hydrogen-bond donors (Lipinski definition) is 1. The Morgan fingerprint density at radius 1 is 1.33 bits per heavy atom. The Morgan fingerprint density at radius 2 is 2.11 bits per heavy atom. The normalized spacial score (nSPS) is 31.8. The summed E-state index contributed by atoms with van der Waals surface area (Å²) in [7, 11) is 0. The van der Waals surface area contributed by atoms with Gasteiger partial charge in [0.1, 0.15) is 0 Å². The van der Waals surface area contributed by atoms with Crippen molar-refractivity contribution < 1.29 is 4.74 Å². The molecular weight excluding hydrogens is 246 g/mol. The minimum Gasteiger partial charge on any atom is -0.373 e. The highest BCUT2D eigenvalue weighted by molar-refractivity contribution is 6.30. The zero-order chi connectivity index (χ0) is 12.5. The number of hydrogen-bond acceptors (Lipinski definition) is 2. The summed E-state index contributed by atoms with van der Waals surface area (Å²) in [4.78, 5) is 0. The Labute approximate surface area is 114 Å². The minimum atomic E-state index is 0.412. The summed E-state index contributed by atoms with van der Waals surface area (Å²) in [5.74, 6) is 0. The number of rotatable bonds is 4. The lowest BCUT2D eigenvalue weighted by Gasteiger charge is -2.26. The standard InChI is InChI=1S/C15H20ClNO/c1-2-13(10-3-5-11(16)6-4-10)17-14-9-12-7-8-15(14)18-12/h3-6,12-15,17H,2,7-9H2,1H3. The van der Waals surface area contributed by atoms with Gasteiger partial charge in [-0.15, -0.1) is 0 Å². The lowest BCUT2D eigenvalue weighted by Crippen LogP contribution is -2.39. The molecule has 0 radical (unpaired) electrons. The molecular formula is C15H20ClNO. The number of fused-ring (bicyclic) bond motifs is 2. The summed E-state index contributed by atoms with van der Waals surface area (Å²) in [6, 6.07) is 9.13. The van der Waals surface area contributed by atoms with Crippen molar-refractivity contribution in [3.8, 4) is 0 Å². The van der Waals surface area contributed by atoms with Crippen molar-refractivity contribution in [1.82, 2.24) is 5.32 Å². The van der Waals surface area contributed by atoms with E-state index < -0.39 is 0 Å². The van der Waals surface area contributed by atoms with Gasteiger partial charge in [0, 0.05) is 17.1 Å². The Kier molecular flexibility index (Phi) is 3.60. The van der Waals surface area contributed by atoms with Gasteiger partial charge in [0.15, 0.2) is 0 Å².